The summed E-state index contributed by atoms with van der Waals surface area (Å²) < 4.78 is 0. The van der Waals surface area contributed by atoms with Crippen LogP contribution in [-0.4, -0.2) is 64.4 Å². The van der Waals surface area contributed by atoms with Gasteiger partial charge in [0.1, 0.15) is 5.82 Å². The summed E-state index contributed by atoms with van der Waals surface area (Å²) in [6.45, 7) is 10.7. The third kappa shape index (κ3) is 4.81. The lowest BCUT2D eigenvalue weighted by atomic mass is 9.43. The van der Waals surface area contributed by atoms with E-state index in [2.05, 4.69) is 35.6 Å². The number of rotatable bonds is 5. The molecule has 1 aromatic rings. The highest BCUT2D eigenvalue weighted by Crippen LogP contribution is 2.68. The van der Waals surface area contributed by atoms with E-state index in [0.29, 0.717) is 47.8 Å². The number of hydrogen-bond donors (Lipinski definition) is 2. The van der Waals surface area contributed by atoms with Crippen LogP contribution in [0.1, 0.15) is 85.0 Å². The standard InChI is InChI=1S/C33H51N3O3/c1-22(7-10-30(39)36-18-16-35(17-19-36)29-6-4-5-15-34-29)25-8-9-26-31-27(12-14-33(25,26)3)32(2)13-11-24(37)20-23(32)21-28(31)38/h4-6,15,22-28,31,37-38H,7-14,16-21H2,1-3H3/t22-,23+,24-,25-,26+,27+,28+,31+,32+,33-/m0/s1. The third-order valence-corrected chi connectivity index (χ3v) is 12.8. The Kier molecular flexibility index (Phi) is 7.50. The number of nitrogens with zero attached hydrogens (tertiary/aromatic N) is 3. The minimum atomic E-state index is -0.219. The number of amides is 1. The normalized spacial score (nSPS) is 42.8. The summed E-state index contributed by atoms with van der Waals surface area (Å²) >= 11 is 0. The number of anilines is 1. The molecule has 4 saturated carbocycles. The van der Waals surface area contributed by atoms with Crippen LogP contribution in [0.2, 0.25) is 0 Å². The number of aromatic nitrogens is 1. The Hall–Kier alpha value is -1.66. The first-order valence-electron chi connectivity index (χ1n) is 16.0. The molecular formula is C33H51N3O3. The molecule has 39 heavy (non-hydrogen) atoms. The molecule has 5 fully saturated rings. The molecule has 1 saturated heterocycles. The number of carbonyl (C=O) groups is 1. The van der Waals surface area contributed by atoms with E-state index in [9.17, 15) is 15.0 Å². The molecule has 6 nitrogen and oxygen atoms in total. The Morgan fingerprint density at radius 2 is 1.74 bits per heavy atom. The van der Waals surface area contributed by atoms with Crippen molar-refractivity contribution < 1.29 is 15.0 Å². The lowest BCUT2D eigenvalue weighted by Gasteiger charge is -2.62. The van der Waals surface area contributed by atoms with Crippen LogP contribution in [-0.2, 0) is 4.79 Å². The van der Waals surface area contributed by atoms with E-state index in [1.54, 1.807) is 0 Å². The fourth-order valence-corrected chi connectivity index (χ4v) is 10.6. The van der Waals surface area contributed by atoms with Crippen LogP contribution >= 0.6 is 0 Å². The van der Waals surface area contributed by atoms with Gasteiger partial charge in [0.15, 0.2) is 0 Å². The van der Waals surface area contributed by atoms with Crippen LogP contribution in [0.25, 0.3) is 0 Å². The number of aliphatic hydroxyl groups is 2. The van der Waals surface area contributed by atoms with Crippen LogP contribution in [0.15, 0.2) is 24.4 Å². The van der Waals surface area contributed by atoms with Gasteiger partial charge < -0.3 is 20.0 Å². The Morgan fingerprint density at radius 1 is 1.00 bits per heavy atom. The van der Waals surface area contributed by atoms with Crippen molar-refractivity contribution in [1.82, 2.24) is 9.88 Å². The maximum absolute atomic E-state index is 13.2. The molecule has 4 aliphatic carbocycles. The van der Waals surface area contributed by atoms with E-state index in [-0.39, 0.29) is 23.0 Å². The largest absolute Gasteiger partial charge is 0.393 e. The zero-order valence-electron chi connectivity index (χ0n) is 24.5. The van der Waals surface area contributed by atoms with Crippen molar-refractivity contribution in [1.29, 1.82) is 0 Å². The van der Waals surface area contributed by atoms with Crippen LogP contribution < -0.4 is 4.90 Å². The van der Waals surface area contributed by atoms with E-state index < -0.39 is 0 Å². The summed E-state index contributed by atoms with van der Waals surface area (Å²) in [6, 6.07) is 6.01. The van der Waals surface area contributed by atoms with Gasteiger partial charge in [0.25, 0.3) is 0 Å². The molecule has 6 heteroatoms. The summed E-state index contributed by atoms with van der Waals surface area (Å²) in [6.07, 6.45) is 11.8. The Balaban J connectivity index is 1.05. The SMILES string of the molecule is C[C@@H](CCC(=O)N1CCN(c2ccccn2)CC1)[C@@H]1CC[C@@H]2[C@H]3[C@H](O)C[C@H]4C[C@@H](O)CC[C@@]4(C)[C@@H]3CC[C@]21C. The number of fused-ring (bicyclic) bond motifs is 5. The predicted molar refractivity (Wildman–Crippen MR) is 154 cm³/mol. The summed E-state index contributed by atoms with van der Waals surface area (Å²) in [7, 11) is 0. The Labute approximate surface area is 235 Å². The summed E-state index contributed by atoms with van der Waals surface area (Å²) in [5.74, 6) is 4.56. The van der Waals surface area contributed by atoms with Crippen molar-refractivity contribution in [2.45, 2.75) is 97.2 Å². The first-order valence-corrected chi connectivity index (χ1v) is 16.0. The molecule has 1 aromatic heterocycles. The molecule has 0 spiro atoms. The lowest BCUT2D eigenvalue weighted by molar-refractivity contribution is -0.174. The molecule has 0 bridgehead atoms. The Bertz CT molecular complexity index is 1010. The highest BCUT2D eigenvalue weighted by molar-refractivity contribution is 5.76. The molecule has 0 aromatic carbocycles. The van der Waals surface area contributed by atoms with Gasteiger partial charge in [-0.3, -0.25) is 4.79 Å². The minimum Gasteiger partial charge on any atom is -0.393 e. The van der Waals surface area contributed by atoms with E-state index in [1.165, 1.54) is 25.7 Å². The van der Waals surface area contributed by atoms with E-state index in [0.717, 1.165) is 64.1 Å². The van der Waals surface area contributed by atoms with Gasteiger partial charge in [0, 0.05) is 38.8 Å². The van der Waals surface area contributed by atoms with Gasteiger partial charge in [-0.25, -0.2) is 4.98 Å². The van der Waals surface area contributed by atoms with Gasteiger partial charge in [0.2, 0.25) is 5.91 Å². The van der Waals surface area contributed by atoms with Gasteiger partial charge >= 0.3 is 0 Å². The molecular weight excluding hydrogens is 486 g/mol. The van der Waals surface area contributed by atoms with Crippen LogP contribution in [0.4, 0.5) is 5.82 Å². The van der Waals surface area contributed by atoms with Gasteiger partial charge in [-0.15, -0.1) is 0 Å². The topological polar surface area (TPSA) is 76.9 Å². The van der Waals surface area contributed by atoms with Crippen molar-refractivity contribution in [2.75, 3.05) is 31.1 Å². The number of aliphatic hydroxyl groups excluding tert-OH is 2. The summed E-state index contributed by atoms with van der Waals surface area (Å²) in [5.41, 5.74) is 0.553. The third-order valence-electron chi connectivity index (χ3n) is 12.8. The van der Waals surface area contributed by atoms with Crippen LogP contribution in [0.3, 0.4) is 0 Å². The first-order chi connectivity index (χ1) is 18.7. The zero-order chi connectivity index (χ0) is 27.4. The summed E-state index contributed by atoms with van der Waals surface area (Å²) in [4.78, 5) is 22.0. The van der Waals surface area contributed by atoms with E-state index in [1.807, 2.05) is 24.4 Å². The predicted octanol–water partition coefficient (Wildman–Crippen LogP) is 5.14. The molecule has 216 valence electrons. The van der Waals surface area contributed by atoms with Crippen molar-refractivity contribution in [3.63, 3.8) is 0 Å². The second kappa shape index (κ2) is 10.6. The fourth-order valence-electron chi connectivity index (χ4n) is 10.6. The molecule has 0 unspecified atom stereocenters. The Morgan fingerprint density at radius 3 is 2.49 bits per heavy atom. The smallest absolute Gasteiger partial charge is 0.222 e. The summed E-state index contributed by atoms with van der Waals surface area (Å²) in [5, 5.41) is 21.9. The molecule has 2 heterocycles. The number of hydrogen-bond acceptors (Lipinski definition) is 5. The van der Waals surface area contributed by atoms with Crippen LogP contribution in [0, 0.1) is 46.3 Å². The highest BCUT2D eigenvalue weighted by atomic mass is 16.3. The number of carbonyl (C=O) groups excluding carboxylic acids is 1. The zero-order valence-corrected chi connectivity index (χ0v) is 24.5. The minimum absolute atomic E-state index is 0.176. The second-order valence-corrected chi connectivity index (χ2v) is 14.5. The highest BCUT2D eigenvalue weighted by Gasteiger charge is 2.62. The van der Waals surface area contributed by atoms with Gasteiger partial charge in [-0.05, 0) is 116 Å². The molecule has 10 atom stereocenters. The maximum Gasteiger partial charge on any atom is 0.222 e. The van der Waals surface area contributed by atoms with Crippen molar-refractivity contribution in [3.05, 3.63) is 24.4 Å². The fraction of sp³-hybridized carbons (Fsp3) is 0.818. The molecule has 0 radical (unpaired) electrons. The lowest BCUT2D eigenvalue weighted by Crippen LogP contribution is -2.58. The van der Waals surface area contributed by atoms with Gasteiger partial charge in [0.05, 0.1) is 12.2 Å². The van der Waals surface area contributed by atoms with Crippen molar-refractivity contribution >= 4 is 11.7 Å². The van der Waals surface area contributed by atoms with Crippen LogP contribution in [0.5, 0.6) is 0 Å². The quantitative estimate of drug-likeness (QED) is 0.544. The van der Waals surface area contributed by atoms with Gasteiger partial charge in [-0.1, -0.05) is 26.8 Å². The second-order valence-electron chi connectivity index (χ2n) is 14.5. The molecule has 6 rings (SSSR count). The monoisotopic (exact) mass is 537 g/mol. The number of piperazine rings is 1. The van der Waals surface area contributed by atoms with Gasteiger partial charge in [-0.2, -0.15) is 0 Å². The molecule has 1 aliphatic heterocycles. The van der Waals surface area contributed by atoms with E-state index >= 15 is 0 Å². The van der Waals surface area contributed by atoms with E-state index in [4.69, 9.17) is 0 Å². The molecule has 2 N–H and O–H groups in total. The number of pyridine rings is 1. The van der Waals surface area contributed by atoms with Crippen molar-refractivity contribution in [3.8, 4) is 0 Å². The molecule has 5 aliphatic rings. The molecule has 1 amide bonds. The first kappa shape index (κ1) is 27.5. The average Bonchev–Trinajstić information content (AvgIpc) is 3.30. The average molecular weight is 538 g/mol. The maximum atomic E-state index is 13.2. The van der Waals surface area contributed by atoms with Crippen molar-refractivity contribution in [2.24, 2.45) is 46.3 Å².